The van der Waals surface area contributed by atoms with Crippen LogP contribution >= 0.6 is 0 Å². The number of hydrogen-bond acceptors (Lipinski definition) is 4. The lowest BCUT2D eigenvalue weighted by atomic mass is 10.1. The van der Waals surface area contributed by atoms with Gasteiger partial charge in [0.05, 0.1) is 36.3 Å². The summed E-state index contributed by atoms with van der Waals surface area (Å²) in [6, 6.07) is 21.0. The van der Waals surface area contributed by atoms with Crippen molar-refractivity contribution >= 4 is 23.1 Å². The van der Waals surface area contributed by atoms with Crippen LogP contribution in [-0.2, 0) is 19.4 Å². The quantitative estimate of drug-likeness (QED) is 0.476. The molecule has 0 spiro atoms. The molecule has 6 heteroatoms. The summed E-state index contributed by atoms with van der Waals surface area (Å²) in [5.41, 5.74) is 12.8. The highest BCUT2D eigenvalue weighted by molar-refractivity contribution is 6.02. The molecule has 0 radical (unpaired) electrons. The van der Waals surface area contributed by atoms with Gasteiger partial charge in [0.1, 0.15) is 0 Å². The number of aryl methyl sites for hydroxylation is 3. The minimum absolute atomic E-state index is 0.00259. The molecule has 3 aromatic carbocycles. The van der Waals surface area contributed by atoms with Crippen LogP contribution in [0.3, 0.4) is 0 Å². The third kappa shape index (κ3) is 5.18. The molecule has 1 aliphatic carbocycles. The highest BCUT2D eigenvalue weighted by atomic mass is 16.3. The molecule has 6 nitrogen and oxygen atoms in total. The van der Waals surface area contributed by atoms with Crippen molar-refractivity contribution in [3.05, 3.63) is 89.0 Å². The lowest BCUT2D eigenvalue weighted by molar-refractivity contribution is 0.0673. The van der Waals surface area contributed by atoms with Gasteiger partial charge in [-0.15, -0.1) is 0 Å². The van der Waals surface area contributed by atoms with Gasteiger partial charge in [-0.2, -0.15) is 0 Å². The molecule has 0 aromatic heterocycles. The summed E-state index contributed by atoms with van der Waals surface area (Å²) in [6.45, 7) is 1.88. The Morgan fingerprint density at radius 3 is 2.48 bits per heavy atom. The van der Waals surface area contributed by atoms with Gasteiger partial charge in [-0.1, -0.05) is 48.0 Å². The summed E-state index contributed by atoms with van der Waals surface area (Å²) in [7, 11) is 0. The molecule has 172 valence electrons. The molecule has 0 saturated heterocycles. The smallest absolute Gasteiger partial charge is 0.329 e. The molecule has 2 amide bonds. The number of nitrogens with two attached hydrogens (primary N) is 1. The number of aliphatic hydroxyl groups excluding tert-OH is 2. The normalized spacial score (nSPS) is 13.4. The van der Waals surface area contributed by atoms with Gasteiger partial charge < -0.3 is 20.8 Å². The largest absolute Gasteiger partial charge is 0.397 e. The Kier molecular flexibility index (Phi) is 6.96. The first-order chi connectivity index (χ1) is 16.0. The van der Waals surface area contributed by atoms with Crippen LogP contribution < -0.4 is 10.6 Å². The number of nitrogen functional groups attached to an aromatic ring is 1. The number of amides is 2. The van der Waals surface area contributed by atoms with E-state index in [0.29, 0.717) is 17.9 Å². The Bertz CT molecular complexity index is 1110. The zero-order valence-corrected chi connectivity index (χ0v) is 18.9. The van der Waals surface area contributed by atoms with Crippen molar-refractivity contribution in [2.45, 2.75) is 38.8 Å². The third-order valence-corrected chi connectivity index (χ3v) is 6.12. The molecule has 3 aromatic rings. The van der Waals surface area contributed by atoms with Gasteiger partial charge in [0.2, 0.25) is 0 Å². The summed E-state index contributed by atoms with van der Waals surface area (Å²) < 4.78 is 0. The van der Waals surface area contributed by atoms with Gasteiger partial charge in [0, 0.05) is 6.54 Å². The Labute approximate surface area is 194 Å². The highest BCUT2D eigenvalue weighted by Crippen LogP contribution is 2.35. The molecule has 4 rings (SSSR count). The van der Waals surface area contributed by atoms with Crippen molar-refractivity contribution < 1.29 is 15.0 Å². The van der Waals surface area contributed by atoms with E-state index in [9.17, 15) is 15.0 Å². The molecule has 1 atom stereocenters. The second-order valence-electron chi connectivity index (χ2n) is 8.69. The van der Waals surface area contributed by atoms with E-state index in [-0.39, 0.29) is 12.6 Å². The molecule has 33 heavy (non-hydrogen) atoms. The van der Waals surface area contributed by atoms with Gasteiger partial charge in [-0.25, -0.2) is 4.79 Å². The fourth-order valence-corrected chi connectivity index (χ4v) is 4.32. The standard InChI is InChI=1S/C27H31N3O3/c1-19-9-11-20(12-10-19)16-29(17-24(32)18-31)27(33)30(26-8-3-2-7-25(26)28)23-14-13-21-5-4-6-22(21)15-23/h2-3,7-15,24,31-32H,4-6,16-18,28H2,1H3. The van der Waals surface area contributed by atoms with Crippen molar-refractivity contribution in [1.82, 2.24) is 4.90 Å². The van der Waals surface area contributed by atoms with Crippen LogP contribution in [-0.4, -0.2) is 40.4 Å². The van der Waals surface area contributed by atoms with Crippen LogP contribution in [0.1, 0.15) is 28.7 Å². The maximum absolute atomic E-state index is 14.0. The molecule has 4 N–H and O–H groups in total. The average molecular weight is 446 g/mol. The van der Waals surface area contributed by atoms with Gasteiger partial charge in [0.25, 0.3) is 0 Å². The van der Waals surface area contributed by atoms with Crippen molar-refractivity contribution in [2.75, 3.05) is 23.8 Å². The summed E-state index contributed by atoms with van der Waals surface area (Å²) in [6.07, 6.45) is 2.11. The zero-order valence-electron chi connectivity index (χ0n) is 18.9. The second-order valence-corrected chi connectivity index (χ2v) is 8.69. The van der Waals surface area contributed by atoms with E-state index in [2.05, 4.69) is 12.1 Å². The number of aliphatic hydroxyl groups is 2. The van der Waals surface area contributed by atoms with Gasteiger partial charge >= 0.3 is 6.03 Å². The maximum Gasteiger partial charge on any atom is 0.329 e. The number of hydrogen-bond donors (Lipinski definition) is 3. The Morgan fingerprint density at radius 2 is 1.76 bits per heavy atom. The van der Waals surface area contributed by atoms with Crippen molar-refractivity contribution in [1.29, 1.82) is 0 Å². The maximum atomic E-state index is 14.0. The van der Waals surface area contributed by atoms with Crippen molar-refractivity contribution in [2.24, 2.45) is 0 Å². The monoisotopic (exact) mass is 445 g/mol. The summed E-state index contributed by atoms with van der Waals surface area (Å²) >= 11 is 0. The lowest BCUT2D eigenvalue weighted by Crippen LogP contribution is -2.45. The highest BCUT2D eigenvalue weighted by Gasteiger charge is 2.28. The van der Waals surface area contributed by atoms with E-state index < -0.39 is 12.7 Å². The second kappa shape index (κ2) is 10.1. The Morgan fingerprint density at radius 1 is 1.03 bits per heavy atom. The van der Waals surface area contributed by atoms with Gasteiger partial charge in [0.15, 0.2) is 0 Å². The van der Waals surface area contributed by atoms with Crippen LogP contribution in [0.2, 0.25) is 0 Å². The fraction of sp³-hybridized carbons (Fsp3) is 0.296. The van der Waals surface area contributed by atoms with Crippen LogP contribution in [0, 0.1) is 6.92 Å². The lowest BCUT2D eigenvalue weighted by Gasteiger charge is -2.33. The first-order valence-electron chi connectivity index (χ1n) is 11.4. The SMILES string of the molecule is Cc1ccc(CN(CC(O)CO)C(=O)N(c2ccc3c(c2)CCC3)c2ccccc2N)cc1. The molecular weight excluding hydrogens is 414 g/mol. The Hall–Kier alpha value is -3.35. The summed E-state index contributed by atoms with van der Waals surface area (Å²) in [5.74, 6) is 0. The molecular formula is C27H31N3O3. The predicted molar refractivity (Wildman–Crippen MR) is 132 cm³/mol. The number of para-hydroxylation sites is 2. The molecule has 1 aliphatic rings. The Balaban J connectivity index is 1.75. The zero-order chi connectivity index (χ0) is 23.4. The first-order valence-corrected chi connectivity index (χ1v) is 11.4. The number of carbonyl (C=O) groups is 1. The number of carbonyl (C=O) groups excluding carboxylic acids is 1. The number of benzene rings is 3. The number of urea groups is 1. The number of fused-ring (bicyclic) bond motifs is 1. The molecule has 0 saturated carbocycles. The number of anilines is 3. The van der Waals surface area contributed by atoms with E-state index in [1.165, 1.54) is 11.1 Å². The first kappa shape index (κ1) is 22.8. The fourth-order valence-electron chi connectivity index (χ4n) is 4.32. The van der Waals surface area contributed by atoms with Crippen LogP contribution in [0.5, 0.6) is 0 Å². The number of nitrogens with zero attached hydrogens (tertiary/aromatic N) is 2. The minimum Gasteiger partial charge on any atom is -0.397 e. The van der Waals surface area contributed by atoms with Crippen LogP contribution in [0.15, 0.2) is 66.7 Å². The van der Waals surface area contributed by atoms with Crippen LogP contribution in [0.4, 0.5) is 21.9 Å². The predicted octanol–water partition coefficient (Wildman–Crippen LogP) is 4.18. The van der Waals surface area contributed by atoms with Gasteiger partial charge in [-0.3, -0.25) is 4.90 Å². The van der Waals surface area contributed by atoms with Crippen molar-refractivity contribution in [3.63, 3.8) is 0 Å². The van der Waals surface area contributed by atoms with Gasteiger partial charge in [-0.05, 0) is 67.1 Å². The van der Waals surface area contributed by atoms with Crippen molar-refractivity contribution in [3.8, 4) is 0 Å². The average Bonchev–Trinajstić information content (AvgIpc) is 3.29. The van der Waals surface area contributed by atoms with E-state index in [1.54, 1.807) is 15.9 Å². The van der Waals surface area contributed by atoms with Crippen LogP contribution in [0.25, 0.3) is 0 Å². The van der Waals surface area contributed by atoms with E-state index in [0.717, 1.165) is 36.1 Å². The molecule has 0 bridgehead atoms. The molecule has 0 fully saturated rings. The minimum atomic E-state index is -1.05. The van der Waals surface area contributed by atoms with E-state index >= 15 is 0 Å². The van der Waals surface area contributed by atoms with E-state index in [1.807, 2.05) is 55.5 Å². The summed E-state index contributed by atoms with van der Waals surface area (Å²) in [4.78, 5) is 17.2. The topological polar surface area (TPSA) is 90.0 Å². The van der Waals surface area contributed by atoms with E-state index in [4.69, 9.17) is 5.73 Å². The molecule has 1 unspecified atom stereocenters. The number of rotatable bonds is 7. The summed E-state index contributed by atoms with van der Waals surface area (Å²) in [5, 5.41) is 19.7. The molecule has 0 aliphatic heterocycles. The molecule has 0 heterocycles. The third-order valence-electron chi connectivity index (χ3n) is 6.12.